The predicted octanol–water partition coefficient (Wildman–Crippen LogP) is 2.49. The van der Waals surface area contributed by atoms with Gasteiger partial charge in [0, 0.05) is 29.9 Å². The van der Waals surface area contributed by atoms with Gasteiger partial charge in [-0.3, -0.25) is 10.1 Å². The van der Waals surface area contributed by atoms with E-state index in [1.165, 1.54) is 24.3 Å². The molecule has 4 rings (SSSR count). The molecule has 24 heavy (non-hydrogen) atoms. The van der Waals surface area contributed by atoms with Crippen LogP contribution in [0.15, 0.2) is 24.3 Å². The molecule has 0 aromatic heterocycles. The molecule has 3 fully saturated rings. The first kappa shape index (κ1) is 16.7. The minimum Gasteiger partial charge on any atom is -0.430 e. The molecule has 2 saturated heterocycles. The third kappa shape index (κ3) is 3.34. The van der Waals surface area contributed by atoms with Crippen LogP contribution < -0.4 is 4.74 Å². The first-order valence-corrected chi connectivity index (χ1v) is 7.88. The van der Waals surface area contributed by atoms with Crippen molar-refractivity contribution in [2.45, 2.75) is 32.2 Å². The number of hydrogen-bond acceptors (Lipinski definition) is 7. The fourth-order valence-electron chi connectivity index (χ4n) is 3.50. The van der Waals surface area contributed by atoms with E-state index in [2.05, 4.69) is 0 Å². The minimum absolute atomic E-state index is 0.0258. The molecule has 1 aromatic carbocycles. The lowest BCUT2D eigenvalue weighted by molar-refractivity contribution is -0.384. The predicted molar refractivity (Wildman–Crippen MR) is 81.3 cm³/mol. The Labute approximate surface area is 138 Å². The van der Waals surface area contributed by atoms with E-state index in [1.54, 1.807) is 0 Å². The fourth-order valence-corrected chi connectivity index (χ4v) is 3.50. The van der Waals surface area contributed by atoms with Crippen LogP contribution in [-0.4, -0.2) is 35.2 Å². The second-order valence-electron chi connectivity index (χ2n) is 6.27. The molecule has 8 heteroatoms. The summed E-state index contributed by atoms with van der Waals surface area (Å²) in [7, 11) is 0. The maximum absolute atomic E-state index is 12.0. The molecule has 1 saturated carbocycles. The molecule has 1 aliphatic carbocycles. The van der Waals surface area contributed by atoms with Gasteiger partial charge < -0.3 is 19.3 Å². The number of nitro groups is 1. The van der Waals surface area contributed by atoms with Crippen LogP contribution in [0.25, 0.3) is 0 Å². The standard InChI is InChI=1S/C16H19NO7/c1-9-13-7-2-10(8-22-15(13)18)14(9)24-16(19)23-12-5-3-11(4-6-12)17(20)21/h3-6,9-10,13-15,18H,2,7-8H2,1H3. The van der Waals surface area contributed by atoms with Gasteiger partial charge in [-0.05, 0) is 25.0 Å². The van der Waals surface area contributed by atoms with E-state index in [0.717, 1.165) is 12.8 Å². The lowest BCUT2D eigenvalue weighted by Gasteiger charge is -2.37. The summed E-state index contributed by atoms with van der Waals surface area (Å²) < 4.78 is 15.9. The van der Waals surface area contributed by atoms with Gasteiger partial charge in [0.1, 0.15) is 11.9 Å². The topological polar surface area (TPSA) is 108 Å². The second-order valence-corrected chi connectivity index (χ2v) is 6.27. The molecule has 0 spiro atoms. The third-order valence-corrected chi connectivity index (χ3v) is 4.86. The molecular weight excluding hydrogens is 318 g/mol. The number of fused-ring (bicyclic) bond motifs is 4. The number of nitro benzene ring substituents is 1. The normalized spacial score (nSPS) is 32.0. The van der Waals surface area contributed by atoms with Crippen LogP contribution in [0, 0.1) is 27.9 Å². The summed E-state index contributed by atoms with van der Waals surface area (Å²) >= 11 is 0. The number of benzene rings is 1. The van der Waals surface area contributed by atoms with Crippen molar-refractivity contribution in [3.63, 3.8) is 0 Å². The Hall–Kier alpha value is -2.19. The summed E-state index contributed by atoms with van der Waals surface area (Å²) in [6.07, 6.45) is -0.412. The van der Waals surface area contributed by atoms with Crippen LogP contribution in [-0.2, 0) is 9.47 Å². The molecule has 2 heterocycles. The Morgan fingerprint density at radius 2 is 2.04 bits per heavy atom. The highest BCUT2D eigenvalue weighted by atomic mass is 16.7. The molecule has 3 aliphatic rings. The summed E-state index contributed by atoms with van der Waals surface area (Å²) in [5, 5.41) is 20.6. The highest BCUT2D eigenvalue weighted by Gasteiger charge is 2.46. The minimum atomic E-state index is -0.859. The van der Waals surface area contributed by atoms with Gasteiger partial charge in [0.2, 0.25) is 0 Å². The van der Waals surface area contributed by atoms with E-state index >= 15 is 0 Å². The van der Waals surface area contributed by atoms with Crippen molar-refractivity contribution in [3.05, 3.63) is 34.4 Å². The molecule has 130 valence electrons. The number of nitrogens with zero attached hydrogens (tertiary/aromatic N) is 1. The van der Waals surface area contributed by atoms with Gasteiger partial charge in [-0.2, -0.15) is 0 Å². The van der Waals surface area contributed by atoms with Crippen molar-refractivity contribution < 1.29 is 29.0 Å². The van der Waals surface area contributed by atoms with Gasteiger partial charge in [0.05, 0.1) is 11.5 Å². The SMILES string of the molecule is CC1C2CCC(COC2O)C1OC(=O)Oc1ccc([N+](=O)[O-])cc1. The summed E-state index contributed by atoms with van der Waals surface area (Å²) in [5.74, 6) is 0.0951. The third-order valence-electron chi connectivity index (χ3n) is 4.86. The van der Waals surface area contributed by atoms with Gasteiger partial charge in [-0.25, -0.2) is 4.79 Å². The number of ether oxygens (including phenoxy) is 3. The number of aliphatic hydroxyl groups is 1. The largest absolute Gasteiger partial charge is 0.514 e. The maximum Gasteiger partial charge on any atom is 0.514 e. The Bertz CT molecular complexity index is 617. The van der Waals surface area contributed by atoms with Gasteiger partial charge >= 0.3 is 6.16 Å². The molecule has 2 aliphatic heterocycles. The van der Waals surface area contributed by atoms with Crippen molar-refractivity contribution in [1.29, 1.82) is 0 Å². The van der Waals surface area contributed by atoms with E-state index in [-0.39, 0.29) is 35.3 Å². The van der Waals surface area contributed by atoms with Crippen LogP contribution in [0.4, 0.5) is 10.5 Å². The van der Waals surface area contributed by atoms with Gasteiger partial charge in [-0.15, -0.1) is 0 Å². The Morgan fingerprint density at radius 1 is 1.33 bits per heavy atom. The molecule has 8 nitrogen and oxygen atoms in total. The number of carbonyl (C=O) groups excluding carboxylic acids is 1. The monoisotopic (exact) mass is 337 g/mol. The average molecular weight is 337 g/mol. The Balaban J connectivity index is 1.63. The maximum atomic E-state index is 12.0. The van der Waals surface area contributed by atoms with Crippen molar-refractivity contribution in [3.8, 4) is 5.75 Å². The van der Waals surface area contributed by atoms with Gasteiger partial charge in [-0.1, -0.05) is 6.92 Å². The summed E-state index contributed by atoms with van der Waals surface area (Å²) in [4.78, 5) is 22.1. The molecule has 0 radical (unpaired) electrons. The lowest BCUT2D eigenvalue weighted by atomic mass is 9.73. The zero-order valence-corrected chi connectivity index (χ0v) is 13.2. The van der Waals surface area contributed by atoms with E-state index < -0.39 is 17.4 Å². The van der Waals surface area contributed by atoms with Crippen molar-refractivity contribution in [2.24, 2.45) is 17.8 Å². The second kappa shape index (κ2) is 6.74. The zero-order chi connectivity index (χ0) is 17.3. The molecule has 0 amide bonds. The zero-order valence-electron chi connectivity index (χ0n) is 13.2. The number of aliphatic hydroxyl groups excluding tert-OH is 1. The van der Waals surface area contributed by atoms with E-state index in [4.69, 9.17) is 14.2 Å². The quantitative estimate of drug-likeness (QED) is 0.390. The van der Waals surface area contributed by atoms with Crippen molar-refractivity contribution in [1.82, 2.24) is 0 Å². The van der Waals surface area contributed by atoms with Crippen LogP contribution in [0.5, 0.6) is 5.75 Å². The number of carbonyl (C=O) groups is 1. The summed E-state index contributed by atoms with van der Waals surface area (Å²) in [5.41, 5.74) is -0.0865. The van der Waals surface area contributed by atoms with E-state index in [0.29, 0.717) is 6.61 Å². The van der Waals surface area contributed by atoms with Crippen LogP contribution in [0.3, 0.4) is 0 Å². The fraction of sp³-hybridized carbons (Fsp3) is 0.562. The Morgan fingerprint density at radius 3 is 2.71 bits per heavy atom. The number of rotatable bonds is 3. The van der Waals surface area contributed by atoms with Gasteiger partial charge in [0.15, 0.2) is 6.29 Å². The number of hydrogen-bond donors (Lipinski definition) is 1. The molecular formula is C16H19NO7. The van der Waals surface area contributed by atoms with Crippen LogP contribution in [0.2, 0.25) is 0 Å². The van der Waals surface area contributed by atoms with Crippen LogP contribution >= 0.6 is 0 Å². The van der Waals surface area contributed by atoms with Crippen LogP contribution in [0.1, 0.15) is 19.8 Å². The summed E-state index contributed by atoms with van der Waals surface area (Å²) in [6.45, 7) is 2.27. The first-order chi connectivity index (χ1) is 11.5. The van der Waals surface area contributed by atoms with E-state index in [1.807, 2.05) is 6.92 Å². The Kier molecular flexibility index (Phi) is 4.68. The smallest absolute Gasteiger partial charge is 0.430 e. The molecule has 1 N–H and O–H groups in total. The lowest BCUT2D eigenvalue weighted by Crippen LogP contribution is -2.42. The molecule has 5 atom stereocenters. The number of non-ortho nitro benzene ring substituents is 1. The first-order valence-electron chi connectivity index (χ1n) is 7.88. The molecule has 1 aromatic rings. The van der Waals surface area contributed by atoms with E-state index in [9.17, 15) is 20.0 Å². The van der Waals surface area contributed by atoms with Crippen molar-refractivity contribution in [2.75, 3.05) is 6.61 Å². The highest BCUT2D eigenvalue weighted by Crippen LogP contribution is 2.41. The highest BCUT2D eigenvalue weighted by molar-refractivity contribution is 5.64. The molecule has 5 unspecified atom stereocenters. The average Bonchev–Trinajstić information content (AvgIpc) is 2.79. The van der Waals surface area contributed by atoms with Crippen molar-refractivity contribution >= 4 is 11.8 Å². The van der Waals surface area contributed by atoms with Gasteiger partial charge in [0.25, 0.3) is 5.69 Å². The summed E-state index contributed by atoms with van der Waals surface area (Å²) in [6, 6.07) is 5.19. The molecule has 2 bridgehead atoms.